The first-order valence-corrected chi connectivity index (χ1v) is 8.69. The van der Waals surface area contributed by atoms with E-state index in [9.17, 15) is 0 Å². The third kappa shape index (κ3) is 6.17. The molecule has 0 saturated carbocycles. The predicted octanol–water partition coefficient (Wildman–Crippen LogP) is 5.99. The molecule has 0 aromatic heterocycles. The second kappa shape index (κ2) is 9.40. The van der Waals surface area contributed by atoms with Crippen LogP contribution in [0.1, 0.15) is 12.8 Å². The van der Waals surface area contributed by atoms with E-state index in [0.29, 0.717) is 0 Å². The highest BCUT2D eigenvalue weighted by molar-refractivity contribution is 8.00. The minimum Gasteiger partial charge on any atom is -0.126 e. The first-order valence-electron chi connectivity index (χ1n) is 6.82. The van der Waals surface area contributed by atoms with Crippen molar-refractivity contribution in [3.8, 4) is 0 Å². The molecule has 0 aliphatic carbocycles. The molecule has 3 nitrogen and oxygen atoms in total. The Balaban J connectivity index is 1.76. The van der Waals surface area contributed by atoms with Gasteiger partial charge in [-0.05, 0) is 48.4 Å². The Morgan fingerprint density at radius 1 is 0.952 bits per heavy atom. The van der Waals surface area contributed by atoms with Crippen LogP contribution in [0.5, 0.6) is 0 Å². The van der Waals surface area contributed by atoms with Crippen molar-refractivity contribution < 1.29 is 0 Å². The molecule has 2 rings (SSSR count). The molecule has 2 aromatic rings. The summed E-state index contributed by atoms with van der Waals surface area (Å²) < 4.78 is 0. The predicted molar refractivity (Wildman–Crippen MR) is 91.6 cm³/mol. The van der Waals surface area contributed by atoms with E-state index in [-0.39, 0.29) is 5.37 Å². The first kappa shape index (κ1) is 15.8. The van der Waals surface area contributed by atoms with Crippen LogP contribution in [0.15, 0.2) is 75.6 Å². The average Bonchev–Trinajstić information content (AvgIpc) is 2.54. The molecule has 0 fully saturated rings. The smallest absolute Gasteiger partial charge is 0.0880 e. The molecule has 1 atom stereocenters. The Hall–Kier alpha value is -1.55. The summed E-state index contributed by atoms with van der Waals surface area (Å²) in [5.74, 6) is 1.04. The molecular weight excluding hydrogens is 298 g/mol. The summed E-state index contributed by atoms with van der Waals surface area (Å²) in [5, 5.41) is 3.86. The van der Waals surface area contributed by atoms with Gasteiger partial charge in [0.25, 0.3) is 0 Å². The molecule has 0 saturated heterocycles. The molecule has 0 N–H and O–H groups in total. The summed E-state index contributed by atoms with van der Waals surface area (Å²) in [6, 6.07) is 20.4. The third-order valence-corrected chi connectivity index (χ3v) is 5.05. The number of nitrogens with zero attached hydrogens (tertiary/aromatic N) is 3. The Labute approximate surface area is 133 Å². The van der Waals surface area contributed by atoms with Gasteiger partial charge in [-0.2, -0.15) is 0 Å². The van der Waals surface area contributed by atoms with Crippen molar-refractivity contribution in [2.75, 3.05) is 5.75 Å². The monoisotopic (exact) mass is 315 g/mol. The average molecular weight is 315 g/mol. The first-order chi connectivity index (χ1) is 10.4. The zero-order valence-electron chi connectivity index (χ0n) is 11.6. The number of azide groups is 1. The SMILES string of the molecule is [N-]=[N+]=NC(CCCSc1ccccc1)Sc1ccccc1. The second-order valence-electron chi connectivity index (χ2n) is 4.39. The van der Waals surface area contributed by atoms with Crippen molar-refractivity contribution in [3.63, 3.8) is 0 Å². The van der Waals surface area contributed by atoms with Crippen LogP contribution in [0.4, 0.5) is 0 Å². The van der Waals surface area contributed by atoms with Gasteiger partial charge in [-0.1, -0.05) is 41.5 Å². The fraction of sp³-hybridized carbons (Fsp3) is 0.250. The fourth-order valence-corrected chi connectivity index (χ4v) is 3.72. The summed E-state index contributed by atoms with van der Waals surface area (Å²) in [5.41, 5.74) is 8.69. The van der Waals surface area contributed by atoms with E-state index < -0.39 is 0 Å². The van der Waals surface area contributed by atoms with Gasteiger partial charge >= 0.3 is 0 Å². The van der Waals surface area contributed by atoms with E-state index in [1.54, 1.807) is 11.8 Å². The maximum Gasteiger partial charge on any atom is 0.0880 e. The standard InChI is InChI=1S/C16H17N3S2/c17-19-18-16(21-15-10-5-2-6-11-15)12-7-13-20-14-8-3-1-4-9-14/h1-6,8-11,16H,7,12-13H2. The lowest BCUT2D eigenvalue weighted by Crippen LogP contribution is -1.98. The van der Waals surface area contributed by atoms with Gasteiger partial charge in [0.05, 0.1) is 5.37 Å². The zero-order chi connectivity index (χ0) is 14.8. The number of rotatable bonds is 8. The van der Waals surface area contributed by atoms with Crippen molar-refractivity contribution >= 4 is 23.5 Å². The van der Waals surface area contributed by atoms with E-state index >= 15 is 0 Å². The van der Waals surface area contributed by atoms with Crippen LogP contribution in [0, 0.1) is 0 Å². The third-order valence-electron chi connectivity index (χ3n) is 2.80. The highest BCUT2D eigenvalue weighted by Crippen LogP contribution is 2.28. The maximum absolute atomic E-state index is 8.69. The largest absolute Gasteiger partial charge is 0.126 e. The molecule has 0 bridgehead atoms. The molecule has 21 heavy (non-hydrogen) atoms. The Morgan fingerprint density at radius 3 is 2.19 bits per heavy atom. The second-order valence-corrected chi connectivity index (χ2v) is 6.81. The van der Waals surface area contributed by atoms with Crippen LogP contribution >= 0.6 is 23.5 Å². The van der Waals surface area contributed by atoms with Gasteiger partial charge in [-0.15, -0.1) is 23.5 Å². The van der Waals surface area contributed by atoms with E-state index in [1.807, 2.05) is 48.2 Å². The summed E-state index contributed by atoms with van der Waals surface area (Å²) in [7, 11) is 0. The van der Waals surface area contributed by atoms with Crippen molar-refractivity contribution in [2.24, 2.45) is 5.11 Å². The molecule has 0 spiro atoms. The minimum atomic E-state index is -0.0335. The molecule has 108 valence electrons. The van der Waals surface area contributed by atoms with Crippen molar-refractivity contribution in [2.45, 2.75) is 28.0 Å². The van der Waals surface area contributed by atoms with Gasteiger partial charge in [-0.3, -0.25) is 0 Å². The van der Waals surface area contributed by atoms with E-state index in [0.717, 1.165) is 23.5 Å². The molecule has 0 heterocycles. The molecule has 0 aliphatic rings. The van der Waals surface area contributed by atoms with Gasteiger partial charge < -0.3 is 0 Å². The van der Waals surface area contributed by atoms with Crippen LogP contribution in [-0.2, 0) is 0 Å². The Morgan fingerprint density at radius 2 is 1.57 bits per heavy atom. The van der Waals surface area contributed by atoms with Crippen LogP contribution in [0.2, 0.25) is 0 Å². The van der Waals surface area contributed by atoms with Gasteiger partial charge in [0.2, 0.25) is 0 Å². The number of hydrogen-bond acceptors (Lipinski definition) is 3. The fourth-order valence-electron chi connectivity index (χ4n) is 1.82. The van der Waals surface area contributed by atoms with Crippen molar-refractivity contribution in [1.29, 1.82) is 0 Å². The lowest BCUT2D eigenvalue weighted by atomic mass is 10.3. The van der Waals surface area contributed by atoms with Crippen LogP contribution in [0.25, 0.3) is 10.4 Å². The Kier molecular flexibility index (Phi) is 7.08. The summed E-state index contributed by atoms with van der Waals surface area (Å²) in [6.45, 7) is 0. The molecule has 1 unspecified atom stereocenters. The minimum absolute atomic E-state index is 0.0335. The number of hydrogen-bond donors (Lipinski definition) is 0. The summed E-state index contributed by atoms with van der Waals surface area (Å²) in [6.07, 6.45) is 1.92. The van der Waals surface area contributed by atoms with E-state index in [4.69, 9.17) is 5.53 Å². The molecule has 2 aromatic carbocycles. The van der Waals surface area contributed by atoms with Crippen molar-refractivity contribution in [1.82, 2.24) is 0 Å². The molecule has 0 radical (unpaired) electrons. The van der Waals surface area contributed by atoms with Gasteiger partial charge in [0, 0.05) is 14.7 Å². The topological polar surface area (TPSA) is 48.8 Å². The van der Waals surface area contributed by atoms with Crippen LogP contribution in [-0.4, -0.2) is 11.1 Å². The number of benzene rings is 2. The number of thioether (sulfide) groups is 2. The molecule has 5 heteroatoms. The summed E-state index contributed by atoms with van der Waals surface area (Å²) in [4.78, 5) is 5.40. The highest BCUT2D eigenvalue weighted by Gasteiger charge is 2.08. The molecular formula is C16H17N3S2. The quantitative estimate of drug-likeness (QED) is 0.197. The normalized spacial score (nSPS) is 11.6. The van der Waals surface area contributed by atoms with Gasteiger partial charge in [-0.25, -0.2) is 0 Å². The lowest BCUT2D eigenvalue weighted by molar-refractivity contribution is 0.766. The zero-order valence-corrected chi connectivity index (χ0v) is 13.3. The van der Waals surface area contributed by atoms with Crippen LogP contribution in [0.3, 0.4) is 0 Å². The van der Waals surface area contributed by atoms with Crippen molar-refractivity contribution in [3.05, 3.63) is 71.1 Å². The van der Waals surface area contributed by atoms with Gasteiger partial charge in [0.15, 0.2) is 0 Å². The van der Waals surface area contributed by atoms with E-state index in [2.05, 4.69) is 34.3 Å². The van der Waals surface area contributed by atoms with Gasteiger partial charge in [0.1, 0.15) is 0 Å². The summed E-state index contributed by atoms with van der Waals surface area (Å²) >= 11 is 3.47. The van der Waals surface area contributed by atoms with Crippen LogP contribution < -0.4 is 0 Å². The maximum atomic E-state index is 8.69. The Bertz CT molecular complexity index is 569. The highest BCUT2D eigenvalue weighted by atomic mass is 32.2. The molecule has 0 amide bonds. The van der Waals surface area contributed by atoms with E-state index in [1.165, 1.54) is 4.90 Å². The molecule has 0 aliphatic heterocycles. The lowest BCUT2D eigenvalue weighted by Gasteiger charge is -2.10.